The number of halogens is 1. The molecule has 3 heterocycles. The van der Waals surface area contributed by atoms with Gasteiger partial charge in [0.1, 0.15) is 0 Å². The van der Waals surface area contributed by atoms with E-state index in [2.05, 4.69) is 31.3 Å². The molecule has 6 nitrogen and oxygen atoms in total. The summed E-state index contributed by atoms with van der Waals surface area (Å²) in [5.41, 5.74) is 0.700. The number of pyridine rings is 1. The van der Waals surface area contributed by atoms with E-state index >= 15 is 0 Å². The average Bonchev–Trinajstić information content (AvgIpc) is 2.64. The van der Waals surface area contributed by atoms with Gasteiger partial charge in [-0.1, -0.05) is 28.8 Å². The van der Waals surface area contributed by atoms with Crippen LogP contribution in [-0.4, -0.2) is 38.6 Å². The van der Waals surface area contributed by atoms with Crippen molar-refractivity contribution in [1.29, 1.82) is 0 Å². The summed E-state index contributed by atoms with van der Waals surface area (Å²) in [5.74, 6) is 0.345. The first-order chi connectivity index (χ1) is 9.72. The number of anilines is 1. The fourth-order valence-corrected chi connectivity index (χ4v) is 2.68. The molecule has 2 aromatic rings. The van der Waals surface area contributed by atoms with Crippen molar-refractivity contribution in [3.05, 3.63) is 22.8 Å². The van der Waals surface area contributed by atoms with Gasteiger partial charge >= 0.3 is 6.03 Å². The number of aromatic nitrogens is 3. The molecule has 2 aromatic heterocycles. The van der Waals surface area contributed by atoms with E-state index in [-0.39, 0.29) is 6.03 Å². The van der Waals surface area contributed by atoms with Crippen molar-refractivity contribution in [1.82, 2.24) is 19.5 Å². The second-order valence-corrected chi connectivity index (χ2v) is 5.83. The van der Waals surface area contributed by atoms with Gasteiger partial charge in [0.25, 0.3) is 5.95 Å². The van der Waals surface area contributed by atoms with Crippen LogP contribution in [0, 0.1) is 0 Å². The summed E-state index contributed by atoms with van der Waals surface area (Å²) in [6.07, 6.45) is 6.33. The summed E-state index contributed by atoms with van der Waals surface area (Å²) >= 11 is 3.39. The molecule has 3 rings (SSSR count). The fraction of sp³-hybridized carbons (Fsp3) is 0.462. The second-order valence-electron chi connectivity index (χ2n) is 4.91. The number of urea groups is 1. The molecule has 0 radical (unpaired) electrons. The molecule has 1 aliphatic heterocycles. The SMILES string of the molecule is O=C(Nc1nc2cc(Br)ccn2n1)N1CCCCCC1. The maximum atomic E-state index is 12.2. The van der Waals surface area contributed by atoms with Gasteiger partial charge in [0.05, 0.1) is 0 Å². The van der Waals surface area contributed by atoms with Crippen LogP contribution >= 0.6 is 15.9 Å². The summed E-state index contributed by atoms with van der Waals surface area (Å²) in [5, 5.41) is 7.02. The molecule has 7 heteroatoms. The van der Waals surface area contributed by atoms with Crippen molar-refractivity contribution in [2.45, 2.75) is 25.7 Å². The smallest absolute Gasteiger partial charge is 0.324 e. The number of nitrogens with zero attached hydrogens (tertiary/aromatic N) is 4. The Morgan fingerprint density at radius 2 is 2.00 bits per heavy atom. The zero-order chi connectivity index (χ0) is 13.9. The lowest BCUT2D eigenvalue weighted by Crippen LogP contribution is -2.35. The quantitative estimate of drug-likeness (QED) is 0.870. The van der Waals surface area contributed by atoms with E-state index in [4.69, 9.17) is 0 Å². The van der Waals surface area contributed by atoms with Gasteiger partial charge < -0.3 is 4.90 Å². The van der Waals surface area contributed by atoms with Crippen molar-refractivity contribution in [2.75, 3.05) is 18.4 Å². The third-order valence-electron chi connectivity index (χ3n) is 3.41. The van der Waals surface area contributed by atoms with Gasteiger partial charge in [-0.05, 0) is 25.0 Å². The van der Waals surface area contributed by atoms with Crippen LogP contribution in [0.15, 0.2) is 22.8 Å². The molecule has 0 unspecified atom stereocenters. The molecule has 1 saturated heterocycles. The first-order valence-corrected chi connectivity index (χ1v) is 7.59. The third kappa shape index (κ3) is 2.92. The Kier molecular flexibility index (Phi) is 3.86. The summed E-state index contributed by atoms with van der Waals surface area (Å²) < 4.78 is 2.57. The minimum atomic E-state index is -0.109. The van der Waals surface area contributed by atoms with Crippen LogP contribution in [0.2, 0.25) is 0 Å². The fourth-order valence-electron chi connectivity index (χ4n) is 2.36. The number of fused-ring (bicyclic) bond motifs is 1. The number of carbonyl (C=O) groups excluding carboxylic acids is 1. The monoisotopic (exact) mass is 337 g/mol. The minimum Gasteiger partial charge on any atom is -0.324 e. The number of carbonyl (C=O) groups is 1. The number of hydrogen-bond acceptors (Lipinski definition) is 3. The predicted molar refractivity (Wildman–Crippen MR) is 79.7 cm³/mol. The molecule has 1 aliphatic rings. The number of hydrogen-bond donors (Lipinski definition) is 1. The van der Waals surface area contributed by atoms with E-state index in [1.165, 1.54) is 12.8 Å². The Bertz CT molecular complexity index is 618. The highest BCUT2D eigenvalue weighted by Crippen LogP contribution is 2.14. The second kappa shape index (κ2) is 5.78. The standard InChI is InChI=1S/C13H16BrN5O/c14-10-5-8-19-11(9-10)15-12(17-19)16-13(20)18-6-3-1-2-4-7-18/h5,8-9H,1-4,6-7H2,(H,16,17,20). The van der Waals surface area contributed by atoms with Gasteiger partial charge in [-0.2, -0.15) is 4.98 Å². The molecule has 20 heavy (non-hydrogen) atoms. The van der Waals surface area contributed by atoms with Gasteiger partial charge in [0, 0.05) is 23.8 Å². The largest absolute Gasteiger partial charge is 0.324 e. The zero-order valence-corrected chi connectivity index (χ0v) is 12.6. The van der Waals surface area contributed by atoms with Crippen LogP contribution in [0.4, 0.5) is 10.7 Å². The first-order valence-electron chi connectivity index (χ1n) is 6.80. The molecule has 0 atom stereocenters. The van der Waals surface area contributed by atoms with Crippen LogP contribution < -0.4 is 5.32 Å². The van der Waals surface area contributed by atoms with Crippen molar-refractivity contribution in [3.63, 3.8) is 0 Å². The van der Waals surface area contributed by atoms with E-state index < -0.39 is 0 Å². The Hall–Kier alpha value is -1.63. The van der Waals surface area contributed by atoms with Crippen LogP contribution in [0.25, 0.3) is 5.65 Å². The van der Waals surface area contributed by atoms with E-state index in [1.807, 2.05) is 17.0 Å². The molecule has 2 amide bonds. The molecule has 1 fully saturated rings. The molecule has 0 spiro atoms. The summed E-state index contributed by atoms with van der Waals surface area (Å²) in [4.78, 5) is 18.3. The van der Waals surface area contributed by atoms with Crippen molar-refractivity contribution < 1.29 is 4.79 Å². The Labute approximate surface area is 125 Å². The predicted octanol–water partition coefficient (Wildman–Crippen LogP) is 2.90. The number of likely N-dealkylation sites (tertiary alicyclic amines) is 1. The van der Waals surface area contributed by atoms with E-state index in [0.717, 1.165) is 30.4 Å². The summed E-state index contributed by atoms with van der Waals surface area (Å²) in [6, 6.07) is 3.62. The molecular formula is C13H16BrN5O. The van der Waals surface area contributed by atoms with Gasteiger partial charge in [0.15, 0.2) is 5.65 Å². The molecule has 106 valence electrons. The van der Waals surface area contributed by atoms with Crippen LogP contribution in [0.3, 0.4) is 0 Å². The Morgan fingerprint density at radius 3 is 2.75 bits per heavy atom. The van der Waals surface area contributed by atoms with Gasteiger partial charge in [-0.3, -0.25) is 5.32 Å². The first kappa shape index (κ1) is 13.4. The lowest BCUT2D eigenvalue weighted by atomic mass is 10.2. The van der Waals surface area contributed by atoms with Gasteiger partial charge in [-0.15, -0.1) is 5.10 Å². The highest BCUT2D eigenvalue weighted by atomic mass is 79.9. The molecule has 0 saturated carbocycles. The van der Waals surface area contributed by atoms with Gasteiger partial charge in [0.2, 0.25) is 0 Å². The maximum Gasteiger partial charge on any atom is 0.324 e. The van der Waals surface area contributed by atoms with E-state index in [1.54, 1.807) is 10.7 Å². The van der Waals surface area contributed by atoms with Crippen molar-refractivity contribution in [2.24, 2.45) is 0 Å². The molecule has 0 aromatic carbocycles. The normalized spacial score (nSPS) is 16.1. The van der Waals surface area contributed by atoms with Gasteiger partial charge in [-0.25, -0.2) is 9.31 Å². The summed E-state index contributed by atoms with van der Waals surface area (Å²) in [7, 11) is 0. The molecule has 1 N–H and O–H groups in total. The maximum absolute atomic E-state index is 12.2. The van der Waals surface area contributed by atoms with E-state index in [9.17, 15) is 4.79 Å². The Balaban J connectivity index is 1.73. The van der Waals surface area contributed by atoms with Crippen LogP contribution in [0.1, 0.15) is 25.7 Å². The Morgan fingerprint density at radius 1 is 1.25 bits per heavy atom. The lowest BCUT2D eigenvalue weighted by molar-refractivity contribution is 0.213. The summed E-state index contributed by atoms with van der Waals surface area (Å²) in [6.45, 7) is 1.62. The highest BCUT2D eigenvalue weighted by Gasteiger charge is 2.17. The van der Waals surface area contributed by atoms with Crippen molar-refractivity contribution >= 4 is 33.6 Å². The number of nitrogens with one attached hydrogen (secondary N) is 1. The van der Waals surface area contributed by atoms with Crippen LogP contribution in [-0.2, 0) is 0 Å². The zero-order valence-electron chi connectivity index (χ0n) is 11.0. The van der Waals surface area contributed by atoms with Crippen LogP contribution in [0.5, 0.6) is 0 Å². The van der Waals surface area contributed by atoms with E-state index in [0.29, 0.717) is 11.6 Å². The topological polar surface area (TPSA) is 62.5 Å². The molecular weight excluding hydrogens is 322 g/mol. The average molecular weight is 338 g/mol. The highest BCUT2D eigenvalue weighted by molar-refractivity contribution is 9.10. The third-order valence-corrected chi connectivity index (χ3v) is 3.90. The number of rotatable bonds is 1. The molecule has 0 bridgehead atoms. The lowest BCUT2D eigenvalue weighted by Gasteiger charge is -2.19. The number of amides is 2. The minimum absolute atomic E-state index is 0.109. The van der Waals surface area contributed by atoms with Crippen molar-refractivity contribution in [3.8, 4) is 0 Å². The molecule has 0 aliphatic carbocycles.